The Morgan fingerprint density at radius 2 is 1.93 bits per heavy atom. The third-order valence-electron chi connectivity index (χ3n) is 7.78. The lowest BCUT2D eigenvalue weighted by Gasteiger charge is -2.29. The number of rotatable bonds is 7. The second-order valence-corrected chi connectivity index (χ2v) is 10.3. The molecular weight excluding hydrogens is 510 g/mol. The fourth-order valence-corrected chi connectivity index (χ4v) is 5.81. The standard InChI is InChI=1S/C29H31N7O4/c1-33-15-18(12-24(29(33)39)31-26-14-20(17-40-3)34(2)32-26)21-7-9-30-27(23(21)16-37)36-11-8-25-22(28(36)38)13-19-6-4-5-10-35(19)25/h7,9,12-16H,4-6,8,10-11,17H2,1-3H3,(H,31,32). The molecule has 0 bridgehead atoms. The molecule has 0 radical (unpaired) electrons. The molecule has 6 rings (SSSR count). The molecule has 40 heavy (non-hydrogen) atoms. The average molecular weight is 542 g/mol. The van der Waals surface area contributed by atoms with E-state index < -0.39 is 0 Å². The molecule has 0 fully saturated rings. The van der Waals surface area contributed by atoms with Crippen LogP contribution in [-0.2, 0) is 44.8 Å². The number of hydrogen-bond acceptors (Lipinski definition) is 7. The van der Waals surface area contributed by atoms with Gasteiger partial charge in [0.05, 0.1) is 23.4 Å². The van der Waals surface area contributed by atoms with E-state index in [2.05, 4.69) is 20.0 Å². The molecule has 6 heterocycles. The summed E-state index contributed by atoms with van der Waals surface area (Å²) in [6.07, 6.45) is 7.93. The van der Waals surface area contributed by atoms with Crippen LogP contribution in [0.4, 0.5) is 17.3 Å². The van der Waals surface area contributed by atoms with Crippen molar-refractivity contribution in [2.45, 2.75) is 38.8 Å². The third-order valence-corrected chi connectivity index (χ3v) is 7.78. The van der Waals surface area contributed by atoms with E-state index in [9.17, 15) is 14.4 Å². The number of carbonyl (C=O) groups is 2. The van der Waals surface area contributed by atoms with Gasteiger partial charge in [-0.2, -0.15) is 5.10 Å². The number of aryl methyl sites for hydroxylation is 3. The van der Waals surface area contributed by atoms with Gasteiger partial charge in [0.15, 0.2) is 12.1 Å². The molecular formula is C29H31N7O4. The number of aldehydes is 1. The van der Waals surface area contributed by atoms with Gasteiger partial charge in [-0.1, -0.05) is 0 Å². The van der Waals surface area contributed by atoms with Crippen molar-refractivity contribution in [2.24, 2.45) is 14.1 Å². The number of amides is 1. The topological polar surface area (TPSA) is 116 Å². The molecule has 11 heteroatoms. The van der Waals surface area contributed by atoms with Crippen LogP contribution < -0.4 is 15.8 Å². The van der Waals surface area contributed by atoms with E-state index in [0.717, 1.165) is 43.5 Å². The predicted molar refractivity (Wildman–Crippen MR) is 150 cm³/mol. The third kappa shape index (κ3) is 4.32. The Hall–Kier alpha value is -4.51. The van der Waals surface area contributed by atoms with Crippen LogP contribution in [0.1, 0.15) is 50.6 Å². The maximum atomic E-state index is 13.7. The largest absolute Gasteiger partial charge is 0.378 e. The summed E-state index contributed by atoms with van der Waals surface area (Å²) in [5.41, 5.74) is 5.39. The fraction of sp³-hybridized carbons (Fsp3) is 0.345. The van der Waals surface area contributed by atoms with Crippen molar-refractivity contribution in [3.05, 3.63) is 75.2 Å². The number of anilines is 3. The number of hydrogen-bond donors (Lipinski definition) is 1. The van der Waals surface area contributed by atoms with Crippen LogP contribution in [0.2, 0.25) is 0 Å². The zero-order chi connectivity index (χ0) is 28.0. The number of pyridine rings is 2. The first-order valence-corrected chi connectivity index (χ1v) is 13.4. The van der Waals surface area contributed by atoms with Crippen LogP contribution in [0.5, 0.6) is 0 Å². The molecule has 1 N–H and O–H groups in total. The van der Waals surface area contributed by atoms with Crippen molar-refractivity contribution < 1.29 is 14.3 Å². The first kappa shape index (κ1) is 25.8. The average Bonchev–Trinajstić information content (AvgIpc) is 3.51. The highest BCUT2D eigenvalue weighted by molar-refractivity contribution is 6.10. The number of methoxy groups -OCH3 is 1. The summed E-state index contributed by atoms with van der Waals surface area (Å²) >= 11 is 0. The van der Waals surface area contributed by atoms with Crippen LogP contribution in [-0.4, -0.2) is 49.7 Å². The zero-order valence-electron chi connectivity index (χ0n) is 22.8. The summed E-state index contributed by atoms with van der Waals surface area (Å²) in [4.78, 5) is 45.3. The lowest BCUT2D eigenvalue weighted by Crippen LogP contribution is -2.39. The molecule has 0 atom stereocenters. The summed E-state index contributed by atoms with van der Waals surface area (Å²) in [7, 11) is 5.06. The van der Waals surface area contributed by atoms with E-state index in [1.165, 1.54) is 10.3 Å². The molecule has 0 unspecified atom stereocenters. The van der Waals surface area contributed by atoms with Gasteiger partial charge in [-0.05, 0) is 43.0 Å². The van der Waals surface area contributed by atoms with Gasteiger partial charge in [-0.25, -0.2) is 4.98 Å². The SMILES string of the molecule is COCc1cc(Nc2cc(-c3ccnc(N4CCc5c(cc6n5CCCC6)C4=O)c3C=O)cn(C)c2=O)nn1C. The number of carbonyl (C=O) groups excluding carboxylic acids is 2. The van der Waals surface area contributed by atoms with E-state index in [4.69, 9.17) is 4.74 Å². The van der Waals surface area contributed by atoms with E-state index in [1.807, 2.05) is 12.1 Å². The van der Waals surface area contributed by atoms with Crippen LogP contribution in [0, 0.1) is 0 Å². The number of nitrogens with one attached hydrogen (secondary N) is 1. The first-order chi connectivity index (χ1) is 19.4. The maximum absolute atomic E-state index is 13.7. The summed E-state index contributed by atoms with van der Waals surface area (Å²) in [6, 6.07) is 7.24. The Bertz CT molecular complexity index is 1700. The molecule has 11 nitrogen and oxygen atoms in total. The molecule has 1 amide bonds. The van der Waals surface area contributed by atoms with Crippen LogP contribution in [0.3, 0.4) is 0 Å². The van der Waals surface area contributed by atoms with Gasteiger partial charge < -0.3 is 19.2 Å². The molecule has 4 aromatic rings. The second-order valence-electron chi connectivity index (χ2n) is 10.3. The van der Waals surface area contributed by atoms with Gasteiger partial charge in [-0.3, -0.25) is 24.0 Å². The van der Waals surface area contributed by atoms with Crippen LogP contribution in [0.15, 0.2) is 41.5 Å². The highest BCUT2D eigenvalue weighted by atomic mass is 16.5. The minimum absolute atomic E-state index is 0.138. The predicted octanol–water partition coefficient (Wildman–Crippen LogP) is 3.22. The molecule has 0 aliphatic carbocycles. The van der Waals surface area contributed by atoms with Gasteiger partial charge in [0.1, 0.15) is 11.5 Å². The maximum Gasteiger partial charge on any atom is 0.274 e. The highest BCUT2D eigenvalue weighted by Crippen LogP contribution is 2.34. The Balaban J connectivity index is 1.37. The smallest absolute Gasteiger partial charge is 0.274 e. The van der Waals surface area contributed by atoms with Gasteiger partial charge in [0, 0.05) is 76.1 Å². The Morgan fingerprint density at radius 1 is 1.07 bits per heavy atom. The van der Waals surface area contributed by atoms with Crippen molar-refractivity contribution in [1.82, 2.24) is 23.9 Å². The number of ether oxygens (including phenoxy) is 1. The molecule has 0 spiro atoms. The van der Waals surface area contributed by atoms with Gasteiger partial charge >= 0.3 is 0 Å². The van der Waals surface area contributed by atoms with Crippen molar-refractivity contribution >= 4 is 29.5 Å². The molecule has 0 saturated heterocycles. The van der Waals surface area contributed by atoms with E-state index >= 15 is 0 Å². The summed E-state index contributed by atoms with van der Waals surface area (Å²) in [6.45, 7) is 1.77. The molecule has 0 aromatic carbocycles. The van der Waals surface area contributed by atoms with Gasteiger partial charge in [0.25, 0.3) is 11.5 Å². The second kappa shape index (κ2) is 10.2. The zero-order valence-corrected chi connectivity index (χ0v) is 22.8. The van der Waals surface area contributed by atoms with Gasteiger partial charge in [0.2, 0.25) is 0 Å². The Kier molecular flexibility index (Phi) is 6.59. The van der Waals surface area contributed by atoms with Crippen molar-refractivity contribution in [2.75, 3.05) is 23.9 Å². The Labute approximate surface area is 231 Å². The Morgan fingerprint density at radius 3 is 2.73 bits per heavy atom. The quantitative estimate of drug-likeness (QED) is 0.357. The van der Waals surface area contributed by atoms with Crippen LogP contribution in [0.25, 0.3) is 11.1 Å². The first-order valence-electron chi connectivity index (χ1n) is 13.4. The molecule has 0 saturated carbocycles. The van der Waals surface area contributed by atoms with E-state index in [1.54, 1.807) is 55.3 Å². The lowest BCUT2D eigenvalue weighted by atomic mass is 10.0. The molecule has 2 aliphatic heterocycles. The normalized spacial score (nSPS) is 14.7. The number of aromatic nitrogens is 5. The van der Waals surface area contributed by atoms with Crippen molar-refractivity contribution in [3.8, 4) is 11.1 Å². The summed E-state index contributed by atoms with van der Waals surface area (Å²) < 4.78 is 10.6. The monoisotopic (exact) mass is 541 g/mol. The summed E-state index contributed by atoms with van der Waals surface area (Å²) in [5, 5.41) is 7.53. The van der Waals surface area contributed by atoms with Crippen molar-refractivity contribution in [3.63, 3.8) is 0 Å². The molecule has 2 aliphatic rings. The lowest BCUT2D eigenvalue weighted by molar-refractivity contribution is 0.0979. The van der Waals surface area contributed by atoms with Gasteiger partial charge in [-0.15, -0.1) is 0 Å². The highest BCUT2D eigenvalue weighted by Gasteiger charge is 2.33. The number of nitrogens with zero attached hydrogens (tertiary/aromatic N) is 6. The van der Waals surface area contributed by atoms with Crippen molar-refractivity contribution in [1.29, 1.82) is 0 Å². The molecule has 206 valence electrons. The van der Waals surface area contributed by atoms with E-state index in [-0.39, 0.29) is 11.5 Å². The van der Waals surface area contributed by atoms with Crippen LogP contribution >= 0.6 is 0 Å². The fourth-order valence-electron chi connectivity index (χ4n) is 5.81. The molecule has 4 aromatic heterocycles. The number of fused-ring (bicyclic) bond motifs is 3. The minimum Gasteiger partial charge on any atom is -0.378 e. The van der Waals surface area contributed by atoms with E-state index in [0.29, 0.717) is 59.1 Å². The summed E-state index contributed by atoms with van der Waals surface area (Å²) in [5.74, 6) is 0.685. The minimum atomic E-state index is -0.249.